The molecular weight excluding hydrogens is 126 g/mol. The highest BCUT2D eigenvalue weighted by molar-refractivity contribution is 6.20. The van der Waals surface area contributed by atoms with Crippen molar-refractivity contribution in [3.8, 4) is 0 Å². The number of rotatable bonds is 0. The van der Waals surface area contributed by atoms with Gasteiger partial charge >= 0.3 is 0 Å². The molecule has 1 radical (unpaired) electrons. The maximum atomic E-state index is 5.71. The molecule has 0 aromatic rings. The van der Waals surface area contributed by atoms with Gasteiger partial charge in [-0.05, 0) is 0 Å². The van der Waals surface area contributed by atoms with E-state index >= 15 is 0 Å². The predicted molar refractivity (Wildman–Crippen MR) is 32.5 cm³/mol. The molecule has 0 amide bonds. The molecule has 0 bridgehead atoms. The van der Waals surface area contributed by atoms with Crippen LogP contribution in [0.1, 0.15) is 0 Å². The highest BCUT2D eigenvalue weighted by atomic mass is 35.5. The fourth-order valence-corrected chi connectivity index (χ4v) is 0.795. The molecule has 0 spiro atoms. The van der Waals surface area contributed by atoms with Crippen LogP contribution in [-0.4, -0.2) is 30.2 Å². The summed E-state index contributed by atoms with van der Waals surface area (Å²) < 4.78 is 5.04. The van der Waals surface area contributed by atoms with Crippen molar-refractivity contribution in [3.05, 3.63) is 7.05 Å². The van der Waals surface area contributed by atoms with Crippen LogP contribution in [0.15, 0.2) is 0 Å². The van der Waals surface area contributed by atoms with Crippen LogP contribution in [0.2, 0.25) is 0 Å². The lowest BCUT2D eigenvalue weighted by molar-refractivity contribution is 0.0432. The summed E-state index contributed by atoms with van der Waals surface area (Å²) in [6.45, 7) is 2.20. The van der Waals surface area contributed by atoms with Crippen LogP contribution >= 0.6 is 11.6 Å². The Labute approximate surface area is 54.4 Å². The predicted octanol–water partition coefficient (Wildman–Crippen LogP) is 0.675. The summed E-state index contributed by atoms with van der Waals surface area (Å²) in [6, 6.07) is 0. The third-order valence-corrected chi connectivity index (χ3v) is 1.58. The van der Waals surface area contributed by atoms with E-state index < -0.39 is 0 Å². The Morgan fingerprint density at radius 3 is 2.88 bits per heavy atom. The summed E-state index contributed by atoms with van der Waals surface area (Å²) in [7, 11) is 3.70. The maximum absolute atomic E-state index is 5.71. The van der Waals surface area contributed by atoms with Crippen molar-refractivity contribution < 1.29 is 4.74 Å². The molecule has 1 unspecified atom stereocenters. The van der Waals surface area contributed by atoms with Gasteiger partial charge < -0.3 is 4.74 Å². The van der Waals surface area contributed by atoms with E-state index in [-0.39, 0.29) is 5.50 Å². The molecule has 1 atom stereocenters. The average molecular weight is 135 g/mol. The lowest BCUT2D eigenvalue weighted by Gasteiger charge is -2.26. The second kappa shape index (κ2) is 2.67. The number of nitrogens with zero attached hydrogens (tertiary/aromatic N) is 1. The van der Waals surface area contributed by atoms with Crippen LogP contribution in [0.25, 0.3) is 0 Å². The van der Waals surface area contributed by atoms with E-state index in [2.05, 4.69) is 7.05 Å². The Kier molecular flexibility index (Phi) is 2.11. The van der Waals surface area contributed by atoms with E-state index in [4.69, 9.17) is 16.3 Å². The molecule has 0 aliphatic carbocycles. The monoisotopic (exact) mass is 134 g/mol. The highest BCUT2D eigenvalue weighted by Gasteiger charge is 2.15. The first-order chi connectivity index (χ1) is 3.80. The Morgan fingerprint density at radius 2 is 2.50 bits per heavy atom. The van der Waals surface area contributed by atoms with Crippen LogP contribution in [-0.2, 0) is 4.74 Å². The molecule has 2 nitrogen and oxygen atoms in total. The van der Waals surface area contributed by atoms with Gasteiger partial charge in [0.15, 0.2) is 0 Å². The molecule has 1 saturated heterocycles. The minimum atomic E-state index is -0.0243. The van der Waals surface area contributed by atoms with Crippen molar-refractivity contribution in [2.75, 3.05) is 19.8 Å². The van der Waals surface area contributed by atoms with E-state index in [0.29, 0.717) is 6.61 Å². The molecule has 47 valence electrons. The second-order valence-corrected chi connectivity index (χ2v) is 2.33. The van der Waals surface area contributed by atoms with Gasteiger partial charge in [0.2, 0.25) is 0 Å². The molecule has 8 heavy (non-hydrogen) atoms. The Morgan fingerprint density at radius 1 is 1.75 bits per heavy atom. The van der Waals surface area contributed by atoms with Crippen molar-refractivity contribution >= 4 is 11.6 Å². The second-order valence-electron chi connectivity index (χ2n) is 1.82. The normalized spacial score (nSPS) is 33.0. The van der Waals surface area contributed by atoms with Crippen LogP contribution in [0.4, 0.5) is 0 Å². The average Bonchev–Trinajstić information content (AvgIpc) is 1.77. The highest BCUT2D eigenvalue weighted by Crippen LogP contribution is 2.07. The molecule has 1 heterocycles. The fourth-order valence-electron chi connectivity index (χ4n) is 0.608. The zero-order chi connectivity index (χ0) is 5.98. The molecule has 0 aromatic heterocycles. The van der Waals surface area contributed by atoms with Crippen LogP contribution in [0.3, 0.4) is 0 Å². The van der Waals surface area contributed by atoms with Gasteiger partial charge in [0.1, 0.15) is 5.50 Å². The number of halogens is 1. The lowest BCUT2D eigenvalue weighted by atomic mass is 10.5. The zero-order valence-electron chi connectivity index (χ0n) is 4.64. The van der Waals surface area contributed by atoms with Crippen molar-refractivity contribution in [3.63, 3.8) is 0 Å². The maximum Gasteiger partial charge on any atom is 0.109 e. The molecule has 0 N–H and O–H groups in total. The van der Waals surface area contributed by atoms with Gasteiger partial charge in [-0.2, -0.15) is 0 Å². The number of hydrogen-bond donors (Lipinski definition) is 0. The zero-order valence-corrected chi connectivity index (χ0v) is 5.40. The van der Waals surface area contributed by atoms with Crippen LogP contribution < -0.4 is 0 Å². The van der Waals surface area contributed by atoms with Crippen molar-refractivity contribution in [2.24, 2.45) is 0 Å². The summed E-state index contributed by atoms with van der Waals surface area (Å²) in [4.78, 5) is 1.82. The molecule has 1 aliphatic heterocycles. The summed E-state index contributed by atoms with van der Waals surface area (Å²) in [5.41, 5.74) is -0.0243. The van der Waals surface area contributed by atoms with Crippen molar-refractivity contribution in [1.82, 2.24) is 4.90 Å². The number of alkyl halides is 1. The van der Waals surface area contributed by atoms with E-state index in [1.54, 1.807) is 0 Å². The largest absolute Gasteiger partial charge is 0.377 e. The summed E-state index contributed by atoms with van der Waals surface area (Å²) >= 11 is 5.71. The molecule has 0 aromatic carbocycles. The molecule has 1 aliphatic rings. The van der Waals surface area contributed by atoms with E-state index in [1.807, 2.05) is 4.90 Å². The number of hydrogen-bond acceptors (Lipinski definition) is 2. The van der Waals surface area contributed by atoms with E-state index in [0.717, 1.165) is 13.2 Å². The summed E-state index contributed by atoms with van der Waals surface area (Å²) in [5.74, 6) is 0. The smallest absolute Gasteiger partial charge is 0.109 e. The molecule has 1 rings (SSSR count). The number of ether oxygens (including phenoxy) is 1. The van der Waals surface area contributed by atoms with Crippen LogP contribution in [0.5, 0.6) is 0 Å². The van der Waals surface area contributed by atoms with Gasteiger partial charge in [-0.3, -0.25) is 4.90 Å². The minimum Gasteiger partial charge on any atom is -0.377 e. The first kappa shape index (κ1) is 6.33. The summed E-state index contributed by atoms with van der Waals surface area (Å²) in [6.07, 6.45) is 0. The van der Waals surface area contributed by atoms with Gasteiger partial charge in [-0.25, -0.2) is 0 Å². The Hall–Kier alpha value is 0.210. The lowest BCUT2D eigenvalue weighted by Crippen LogP contribution is -2.37. The minimum absolute atomic E-state index is 0.0243. The van der Waals surface area contributed by atoms with Gasteiger partial charge in [0.25, 0.3) is 0 Å². The molecule has 3 heteroatoms. The third kappa shape index (κ3) is 1.34. The molecule has 1 fully saturated rings. The van der Waals surface area contributed by atoms with Gasteiger partial charge in [0.05, 0.1) is 13.2 Å². The topological polar surface area (TPSA) is 12.5 Å². The fraction of sp³-hybridized carbons (Fsp3) is 0.800. The quantitative estimate of drug-likeness (QED) is 0.357. The molecule has 0 saturated carbocycles. The molecular formula is C5H9ClNO. The standard InChI is InChI=1S/C5H9ClNO/c1-7-2-3-8-4-5(7)6/h5H,1-4H2. The van der Waals surface area contributed by atoms with Gasteiger partial charge in [-0.1, -0.05) is 0 Å². The van der Waals surface area contributed by atoms with E-state index in [1.165, 1.54) is 0 Å². The first-order valence-corrected chi connectivity index (χ1v) is 3.03. The van der Waals surface area contributed by atoms with Crippen molar-refractivity contribution in [1.29, 1.82) is 0 Å². The van der Waals surface area contributed by atoms with Gasteiger partial charge in [0, 0.05) is 13.6 Å². The SMILES string of the molecule is [CH2]N1CCOCC1Cl. The van der Waals surface area contributed by atoms with E-state index in [9.17, 15) is 0 Å². The Bertz CT molecular complexity index is 68.8. The van der Waals surface area contributed by atoms with Gasteiger partial charge in [-0.15, -0.1) is 11.6 Å². The van der Waals surface area contributed by atoms with Crippen molar-refractivity contribution in [2.45, 2.75) is 5.50 Å². The number of morpholine rings is 1. The van der Waals surface area contributed by atoms with Crippen LogP contribution in [0, 0.1) is 7.05 Å². The third-order valence-electron chi connectivity index (χ3n) is 1.17. The Balaban J connectivity index is 2.28. The summed E-state index contributed by atoms with van der Waals surface area (Å²) in [5, 5.41) is 0. The first-order valence-electron chi connectivity index (χ1n) is 2.59.